The molecule has 142 valence electrons. The zero-order chi connectivity index (χ0) is 19.1. The van der Waals surface area contributed by atoms with E-state index in [9.17, 15) is 14.0 Å². The van der Waals surface area contributed by atoms with E-state index in [0.29, 0.717) is 13.1 Å². The molecular formula is C21H24FN3O2. The van der Waals surface area contributed by atoms with Gasteiger partial charge in [0.2, 0.25) is 5.91 Å². The Balaban J connectivity index is 1.41. The van der Waals surface area contributed by atoms with Gasteiger partial charge in [0.05, 0.1) is 0 Å². The average molecular weight is 369 g/mol. The lowest BCUT2D eigenvalue weighted by molar-refractivity contribution is -0.132. The van der Waals surface area contributed by atoms with Crippen molar-refractivity contribution in [3.05, 3.63) is 71.5 Å². The van der Waals surface area contributed by atoms with Crippen LogP contribution in [0, 0.1) is 5.82 Å². The maximum atomic E-state index is 13.0. The highest BCUT2D eigenvalue weighted by molar-refractivity contribution is 5.78. The summed E-state index contributed by atoms with van der Waals surface area (Å²) >= 11 is 0. The van der Waals surface area contributed by atoms with Crippen molar-refractivity contribution < 1.29 is 14.0 Å². The second-order valence-corrected chi connectivity index (χ2v) is 6.72. The van der Waals surface area contributed by atoms with Crippen LogP contribution in [0.15, 0.2) is 54.6 Å². The summed E-state index contributed by atoms with van der Waals surface area (Å²) in [5.74, 6) is -0.279. The monoisotopic (exact) mass is 369 g/mol. The molecule has 0 aromatic heterocycles. The molecule has 1 saturated carbocycles. The van der Waals surface area contributed by atoms with Crippen LogP contribution in [0.3, 0.4) is 0 Å². The molecule has 1 fully saturated rings. The summed E-state index contributed by atoms with van der Waals surface area (Å²) in [7, 11) is 0. The van der Waals surface area contributed by atoms with Crippen LogP contribution in [0.5, 0.6) is 0 Å². The molecule has 0 bridgehead atoms. The van der Waals surface area contributed by atoms with Gasteiger partial charge in [0.15, 0.2) is 0 Å². The highest BCUT2D eigenvalue weighted by atomic mass is 19.1. The average Bonchev–Trinajstić information content (AvgIpc) is 3.51. The summed E-state index contributed by atoms with van der Waals surface area (Å²) < 4.78 is 13.0. The highest BCUT2D eigenvalue weighted by Crippen LogP contribution is 2.29. The van der Waals surface area contributed by atoms with Crippen molar-refractivity contribution in [1.29, 1.82) is 0 Å². The topological polar surface area (TPSA) is 61.4 Å². The number of carbonyl (C=O) groups excluding carboxylic acids is 2. The predicted molar refractivity (Wildman–Crippen MR) is 101 cm³/mol. The van der Waals surface area contributed by atoms with E-state index >= 15 is 0 Å². The van der Waals surface area contributed by atoms with E-state index in [4.69, 9.17) is 0 Å². The number of urea groups is 1. The van der Waals surface area contributed by atoms with E-state index < -0.39 is 0 Å². The van der Waals surface area contributed by atoms with Crippen LogP contribution in [-0.4, -0.2) is 29.4 Å². The Morgan fingerprint density at radius 1 is 0.963 bits per heavy atom. The lowest BCUT2D eigenvalue weighted by Gasteiger charge is -2.23. The minimum Gasteiger partial charge on any atom is -0.338 e. The molecule has 1 aliphatic rings. The van der Waals surface area contributed by atoms with Gasteiger partial charge in [-0.05, 0) is 36.1 Å². The van der Waals surface area contributed by atoms with E-state index in [0.717, 1.165) is 24.0 Å². The third-order valence-electron chi connectivity index (χ3n) is 4.49. The van der Waals surface area contributed by atoms with E-state index in [2.05, 4.69) is 10.6 Å². The first-order valence-corrected chi connectivity index (χ1v) is 9.21. The molecule has 2 N–H and O–H groups in total. The van der Waals surface area contributed by atoms with Crippen molar-refractivity contribution in [2.75, 3.05) is 6.54 Å². The molecule has 5 nitrogen and oxygen atoms in total. The third kappa shape index (κ3) is 6.09. The summed E-state index contributed by atoms with van der Waals surface area (Å²) in [5, 5.41) is 5.49. The standard InChI is InChI=1S/C21H24FN3O2/c22-18-8-6-17(7-9-18)15-25(19-10-11-19)20(26)12-13-23-21(27)24-14-16-4-2-1-3-5-16/h1-9,19H,10-15H2,(H2,23,24,27). The minimum atomic E-state index is -0.289. The van der Waals surface area contributed by atoms with Crippen LogP contribution in [0.2, 0.25) is 0 Å². The molecule has 6 heteroatoms. The van der Waals surface area contributed by atoms with E-state index in [1.54, 1.807) is 12.1 Å². The van der Waals surface area contributed by atoms with Crippen molar-refractivity contribution in [2.24, 2.45) is 0 Å². The number of hydrogen-bond acceptors (Lipinski definition) is 2. The fourth-order valence-corrected chi connectivity index (χ4v) is 2.86. The van der Waals surface area contributed by atoms with Crippen LogP contribution < -0.4 is 10.6 Å². The first-order valence-electron chi connectivity index (χ1n) is 9.21. The largest absolute Gasteiger partial charge is 0.338 e. The van der Waals surface area contributed by atoms with Gasteiger partial charge in [0.1, 0.15) is 5.82 Å². The quantitative estimate of drug-likeness (QED) is 0.751. The number of nitrogens with zero attached hydrogens (tertiary/aromatic N) is 1. The molecule has 0 spiro atoms. The summed E-state index contributed by atoms with van der Waals surface area (Å²) in [6, 6.07) is 15.8. The van der Waals surface area contributed by atoms with Crippen LogP contribution in [0.25, 0.3) is 0 Å². The van der Waals surface area contributed by atoms with E-state index in [1.807, 2.05) is 35.2 Å². The van der Waals surface area contributed by atoms with Gasteiger partial charge in [0, 0.05) is 32.1 Å². The van der Waals surface area contributed by atoms with Crippen LogP contribution in [-0.2, 0) is 17.9 Å². The number of nitrogens with one attached hydrogen (secondary N) is 2. The van der Waals surface area contributed by atoms with Crippen LogP contribution in [0.1, 0.15) is 30.4 Å². The first kappa shape index (κ1) is 18.9. The van der Waals surface area contributed by atoms with Gasteiger partial charge in [-0.25, -0.2) is 9.18 Å². The van der Waals surface area contributed by atoms with Crippen LogP contribution in [0.4, 0.5) is 9.18 Å². The van der Waals surface area contributed by atoms with Gasteiger partial charge in [-0.1, -0.05) is 42.5 Å². The van der Waals surface area contributed by atoms with Crippen molar-refractivity contribution in [3.63, 3.8) is 0 Å². The number of hydrogen-bond donors (Lipinski definition) is 2. The zero-order valence-electron chi connectivity index (χ0n) is 15.2. The summed E-state index contributed by atoms with van der Waals surface area (Å²) in [5.41, 5.74) is 1.92. The molecule has 0 aliphatic heterocycles. The molecule has 0 radical (unpaired) electrons. The van der Waals surface area contributed by atoms with Crippen molar-refractivity contribution >= 4 is 11.9 Å². The molecule has 3 rings (SSSR count). The van der Waals surface area contributed by atoms with E-state index in [-0.39, 0.29) is 36.8 Å². The number of halogens is 1. The fourth-order valence-electron chi connectivity index (χ4n) is 2.86. The molecule has 3 amide bonds. The summed E-state index contributed by atoms with van der Waals surface area (Å²) in [6.07, 6.45) is 2.24. The maximum Gasteiger partial charge on any atom is 0.315 e. The molecule has 0 atom stereocenters. The van der Waals surface area contributed by atoms with Gasteiger partial charge >= 0.3 is 6.03 Å². The van der Waals surface area contributed by atoms with Crippen molar-refractivity contribution in [2.45, 2.75) is 38.4 Å². The Labute approximate surface area is 158 Å². The highest BCUT2D eigenvalue weighted by Gasteiger charge is 2.32. The molecule has 27 heavy (non-hydrogen) atoms. The SMILES string of the molecule is O=C(NCCC(=O)N(Cc1ccc(F)cc1)C1CC1)NCc1ccccc1. The Morgan fingerprint density at radius 3 is 2.33 bits per heavy atom. The second-order valence-electron chi connectivity index (χ2n) is 6.72. The summed E-state index contributed by atoms with van der Waals surface area (Å²) in [6.45, 7) is 1.20. The molecular weight excluding hydrogens is 345 g/mol. The number of benzene rings is 2. The Morgan fingerprint density at radius 2 is 1.67 bits per heavy atom. The lowest BCUT2D eigenvalue weighted by atomic mass is 10.2. The summed E-state index contributed by atoms with van der Waals surface area (Å²) in [4.78, 5) is 26.2. The van der Waals surface area contributed by atoms with Crippen molar-refractivity contribution in [1.82, 2.24) is 15.5 Å². The molecule has 1 aliphatic carbocycles. The normalized spacial score (nSPS) is 13.1. The Bertz CT molecular complexity index is 761. The molecule has 0 saturated heterocycles. The van der Waals surface area contributed by atoms with E-state index in [1.165, 1.54) is 12.1 Å². The van der Waals surface area contributed by atoms with Gasteiger partial charge in [-0.2, -0.15) is 0 Å². The second kappa shape index (κ2) is 9.16. The smallest absolute Gasteiger partial charge is 0.315 e. The predicted octanol–water partition coefficient (Wildman–Crippen LogP) is 3.21. The number of rotatable bonds is 8. The molecule has 0 heterocycles. The zero-order valence-corrected chi connectivity index (χ0v) is 15.2. The molecule has 2 aromatic rings. The molecule has 2 aromatic carbocycles. The van der Waals surface area contributed by atoms with Crippen LogP contribution >= 0.6 is 0 Å². The van der Waals surface area contributed by atoms with Crippen molar-refractivity contribution in [3.8, 4) is 0 Å². The molecule has 0 unspecified atom stereocenters. The number of carbonyl (C=O) groups is 2. The maximum absolute atomic E-state index is 13.0. The van der Waals surface area contributed by atoms with Gasteiger partial charge in [-0.15, -0.1) is 0 Å². The lowest BCUT2D eigenvalue weighted by Crippen LogP contribution is -2.39. The first-order chi connectivity index (χ1) is 13.1. The minimum absolute atomic E-state index is 0.00480. The Kier molecular flexibility index (Phi) is 6.41. The van der Waals surface area contributed by atoms with Gasteiger partial charge in [-0.3, -0.25) is 4.79 Å². The Hall–Kier alpha value is -2.89. The fraction of sp³-hybridized carbons (Fsp3) is 0.333. The van der Waals surface area contributed by atoms with Gasteiger partial charge < -0.3 is 15.5 Å². The third-order valence-corrected chi connectivity index (χ3v) is 4.49. The number of amides is 3. The van der Waals surface area contributed by atoms with Gasteiger partial charge in [0.25, 0.3) is 0 Å².